The molecule has 1 aliphatic rings. The largest absolute Gasteiger partial charge is 0.444 e. The van der Waals surface area contributed by atoms with Crippen LogP contribution < -0.4 is 0 Å². The first-order chi connectivity index (χ1) is 12.2. The van der Waals surface area contributed by atoms with Crippen molar-refractivity contribution in [2.75, 3.05) is 26.2 Å². The smallest absolute Gasteiger partial charge is 0.410 e. The van der Waals surface area contributed by atoms with Gasteiger partial charge in [0.05, 0.1) is 11.6 Å². The van der Waals surface area contributed by atoms with Crippen LogP contribution in [-0.4, -0.2) is 47.7 Å². The highest BCUT2D eigenvalue weighted by Gasteiger charge is 2.26. The molecule has 26 heavy (non-hydrogen) atoms. The molecular formula is C21H31N3O2. The number of nitriles is 1. The quantitative estimate of drug-likeness (QED) is 0.822. The van der Waals surface area contributed by atoms with Gasteiger partial charge in [-0.05, 0) is 50.3 Å². The van der Waals surface area contributed by atoms with E-state index in [-0.39, 0.29) is 6.09 Å². The maximum atomic E-state index is 12.2. The van der Waals surface area contributed by atoms with Crippen molar-refractivity contribution in [1.29, 1.82) is 5.26 Å². The third kappa shape index (κ3) is 6.03. The van der Waals surface area contributed by atoms with Crippen LogP contribution in [0.25, 0.3) is 0 Å². The number of hydrogen-bond donors (Lipinski definition) is 0. The average Bonchev–Trinajstić information content (AvgIpc) is 2.53. The van der Waals surface area contributed by atoms with E-state index in [0.717, 1.165) is 37.2 Å². The molecule has 142 valence electrons. The molecule has 0 N–H and O–H groups in total. The first-order valence-electron chi connectivity index (χ1n) is 9.40. The Morgan fingerprint density at radius 3 is 2.42 bits per heavy atom. The van der Waals surface area contributed by atoms with E-state index in [9.17, 15) is 10.1 Å². The van der Waals surface area contributed by atoms with Crippen molar-refractivity contribution in [3.63, 3.8) is 0 Å². The van der Waals surface area contributed by atoms with E-state index in [1.54, 1.807) is 4.90 Å². The minimum absolute atomic E-state index is 0.242. The van der Waals surface area contributed by atoms with Crippen LogP contribution in [0.4, 0.5) is 4.79 Å². The number of carbonyl (C=O) groups excluding carboxylic acids is 1. The van der Waals surface area contributed by atoms with Gasteiger partial charge in [-0.1, -0.05) is 26.0 Å². The summed E-state index contributed by atoms with van der Waals surface area (Å²) < 4.78 is 5.45. The van der Waals surface area contributed by atoms with Crippen molar-refractivity contribution >= 4 is 6.09 Å². The number of piperazine rings is 1. The molecule has 1 aromatic carbocycles. The van der Waals surface area contributed by atoms with E-state index >= 15 is 0 Å². The Bertz CT molecular complexity index is 663. The summed E-state index contributed by atoms with van der Waals surface area (Å²) >= 11 is 0. The third-order valence-electron chi connectivity index (χ3n) is 4.35. The van der Waals surface area contributed by atoms with E-state index in [4.69, 9.17) is 4.74 Å². The van der Waals surface area contributed by atoms with Crippen LogP contribution in [0.15, 0.2) is 18.2 Å². The molecule has 1 aromatic rings. The highest BCUT2D eigenvalue weighted by atomic mass is 16.6. The summed E-state index contributed by atoms with van der Waals surface area (Å²) in [6.45, 7) is 13.7. The van der Waals surface area contributed by atoms with E-state index in [1.807, 2.05) is 26.8 Å². The molecule has 1 heterocycles. The normalized spacial score (nSPS) is 15.8. The van der Waals surface area contributed by atoms with Gasteiger partial charge >= 0.3 is 6.09 Å². The van der Waals surface area contributed by atoms with Crippen LogP contribution in [0.2, 0.25) is 0 Å². The zero-order valence-corrected chi connectivity index (χ0v) is 16.7. The SMILES string of the molecule is CC(C)Cc1ccc(C#N)c(CN2CCN(C(=O)OC(C)(C)C)CC2)c1. The van der Waals surface area contributed by atoms with Crippen LogP contribution in [0.5, 0.6) is 0 Å². The molecule has 0 aliphatic carbocycles. The molecule has 1 aliphatic heterocycles. The molecule has 5 nitrogen and oxygen atoms in total. The van der Waals surface area contributed by atoms with Gasteiger partial charge in [0, 0.05) is 32.7 Å². The maximum absolute atomic E-state index is 12.2. The summed E-state index contributed by atoms with van der Waals surface area (Å²) in [5, 5.41) is 9.41. The second kappa shape index (κ2) is 8.55. The first kappa shape index (κ1) is 20.3. The summed E-state index contributed by atoms with van der Waals surface area (Å²) in [4.78, 5) is 16.2. The lowest BCUT2D eigenvalue weighted by Crippen LogP contribution is -2.49. The van der Waals surface area contributed by atoms with Crippen LogP contribution in [0, 0.1) is 17.2 Å². The number of amides is 1. The zero-order valence-electron chi connectivity index (χ0n) is 16.7. The Kier molecular flexibility index (Phi) is 6.66. The van der Waals surface area contributed by atoms with Gasteiger partial charge in [0.2, 0.25) is 0 Å². The standard InChI is InChI=1S/C21H31N3O2/c1-16(2)12-17-6-7-18(14-22)19(13-17)15-23-8-10-24(11-9-23)20(25)26-21(3,4)5/h6-7,13,16H,8-12,15H2,1-5H3. The Labute approximate surface area is 157 Å². The van der Waals surface area contributed by atoms with Crippen molar-refractivity contribution in [3.8, 4) is 6.07 Å². The monoisotopic (exact) mass is 357 g/mol. The fourth-order valence-corrected chi connectivity index (χ4v) is 3.14. The Morgan fingerprint density at radius 2 is 1.88 bits per heavy atom. The van der Waals surface area contributed by atoms with Gasteiger partial charge in [0.25, 0.3) is 0 Å². The van der Waals surface area contributed by atoms with Gasteiger partial charge in [0.1, 0.15) is 5.60 Å². The number of benzene rings is 1. The number of carbonyl (C=O) groups is 1. The Morgan fingerprint density at radius 1 is 1.23 bits per heavy atom. The molecule has 1 saturated heterocycles. The molecule has 0 unspecified atom stereocenters. The minimum Gasteiger partial charge on any atom is -0.444 e. The van der Waals surface area contributed by atoms with E-state index in [1.165, 1.54) is 5.56 Å². The predicted octanol–water partition coefficient (Wildman–Crippen LogP) is 3.81. The second-order valence-corrected chi connectivity index (χ2v) is 8.44. The topological polar surface area (TPSA) is 56.6 Å². The van der Waals surface area contributed by atoms with Crippen LogP contribution in [-0.2, 0) is 17.7 Å². The van der Waals surface area contributed by atoms with Gasteiger partial charge in [-0.25, -0.2) is 4.79 Å². The number of rotatable bonds is 4. The molecule has 2 rings (SSSR count). The summed E-state index contributed by atoms with van der Waals surface area (Å²) in [6.07, 6.45) is 0.777. The van der Waals surface area contributed by atoms with Crippen molar-refractivity contribution in [2.45, 2.75) is 53.2 Å². The Hall–Kier alpha value is -2.06. The fraction of sp³-hybridized carbons (Fsp3) is 0.619. The molecule has 1 amide bonds. The van der Waals surface area contributed by atoms with Gasteiger partial charge in [-0.15, -0.1) is 0 Å². The predicted molar refractivity (Wildman–Crippen MR) is 103 cm³/mol. The van der Waals surface area contributed by atoms with E-state index < -0.39 is 5.60 Å². The lowest BCUT2D eigenvalue weighted by Gasteiger charge is -2.35. The van der Waals surface area contributed by atoms with E-state index in [0.29, 0.717) is 19.0 Å². The third-order valence-corrected chi connectivity index (χ3v) is 4.35. The molecule has 0 bridgehead atoms. The van der Waals surface area contributed by atoms with Gasteiger partial charge in [-0.3, -0.25) is 4.90 Å². The zero-order chi connectivity index (χ0) is 19.3. The molecule has 1 fully saturated rings. The molecule has 0 atom stereocenters. The fourth-order valence-electron chi connectivity index (χ4n) is 3.14. The Balaban J connectivity index is 1.96. The molecular weight excluding hydrogens is 326 g/mol. The minimum atomic E-state index is -0.466. The van der Waals surface area contributed by atoms with Crippen molar-refractivity contribution in [3.05, 3.63) is 34.9 Å². The number of hydrogen-bond acceptors (Lipinski definition) is 4. The van der Waals surface area contributed by atoms with Crippen molar-refractivity contribution < 1.29 is 9.53 Å². The molecule has 0 spiro atoms. The average molecular weight is 357 g/mol. The highest BCUT2D eigenvalue weighted by molar-refractivity contribution is 5.68. The number of nitrogens with zero attached hydrogens (tertiary/aromatic N) is 3. The maximum Gasteiger partial charge on any atom is 0.410 e. The van der Waals surface area contributed by atoms with Gasteiger partial charge < -0.3 is 9.64 Å². The van der Waals surface area contributed by atoms with Gasteiger partial charge in [0.15, 0.2) is 0 Å². The highest BCUT2D eigenvalue weighted by Crippen LogP contribution is 2.18. The lowest BCUT2D eigenvalue weighted by atomic mass is 9.98. The van der Waals surface area contributed by atoms with E-state index in [2.05, 4.69) is 36.9 Å². The van der Waals surface area contributed by atoms with Crippen LogP contribution >= 0.6 is 0 Å². The summed E-state index contributed by atoms with van der Waals surface area (Å²) in [6, 6.07) is 8.47. The summed E-state index contributed by atoms with van der Waals surface area (Å²) in [7, 11) is 0. The van der Waals surface area contributed by atoms with Crippen LogP contribution in [0.3, 0.4) is 0 Å². The summed E-state index contributed by atoms with van der Waals surface area (Å²) in [5.41, 5.74) is 2.64. The van der Waals surface area contributed by atoms with Crippen LogP contribution in [0.1, 0.15) is 51.3 Å². The molecule has 5 heteroatoms. The molecule has 0 aromatic heterocycles. The number of ether oxygens (including phenoxy) is 1. The summed E-state index contributed by atoms with van der Waals surface area (Å²) in [5.74, 6) is 0.591. The van der Waals surface area contributed by atoms with Crippen molar-refractivity contribution in [1.82, 2.24) is 9.80 Å². The van der Waals surface area contributed by atoms with Crippen molar-refractivity contribution in [2.24, 2.45) is 5.92 Å². The van der Waals surface area contributed by atoms with Gasteiger partial charge in [-0.2, -0.15) is 5.26 Å². The molecule has 0 saturated carbocycles. The first-order valence-corrected chi connectivity index (χ1v) is 9.40. The lowest BCUT2D eigenvalue weighted by molar-refractivity contribution is 0.0139. The molecule has 0 radical (unpaired) electrons. The second-order valence-electron chi connectivity index (χ2n) is 8.44.